The number of hydrogen-bond acceptors (Lipinski definition) is 1. The van der Waals surface area contributed by atoms with Crippen LogP contribution < -0.4 is 0 Å². The van der Waals surface area contributed by atoms with Crippen LogP contribution in [0.15, 0.2) is 42.5 Å². The molecule has 0 saturated heterocycles. The zero-order chi connectivity index (χ0) is 12.5. The van der Waals surface area contributed by atoms with E-state index in [0.29, 0.717) is 11.7 Å². The molecule has 0 spiro atoms. The van der Waals surface area contributed by atoms with E-state index in [1.54, 1.807) is 6.07 Å². The van der Waals surface area contributed by atoms with Gasteiger partial charge in [-0.1, -0.05) is 41.9 Å². The molecule has 0 heterocycles. The van der Waals surface area contributed by atoms with Crippen molar-refractivity contribution in [3.05, 3.63) is 64.2 Å². The second-order valence-corrected chi connectivity index (χ2v) is 5.28. The van der Waals surface area contributed by atoms with Gasteiger partial charge in [-0.2, -0.15) is 0 Å². The minimum atomic E-state index is 0.374. The minimum absolute atomic E-state index is 0.374. The Hall–Kier alpha value is -1.47. The van der Waals surface area contributed by atoms with E-state index in [4.69, 9.17) is 11.6 Å². The van der Waals surface area contributed by atoms with Crippen LogP contribution in [0.25, 0.3) is 0 Å². The Morgan fingerprint density at radius 1 is 1.06 bits per heavy atom. The van der Waals surface area contributed by atoms with Crippen LogP contribution in [-0.2, 0) is 12.8 Å². The van der Waals surface area contributed by atoms with E-state index >= 15 is 0 Å². The normalized spacial score (nSPS) is 18.4. The van der Waals surface area contributed by atoms with Gasteiger partial charge in [0.2, 0.25) is 0 Å². The van der Waals surface area contributed by atoms with Crippen LogP contribution >= 0.6 is 11.6 Å². The number of para-hydroxylation sites is 1. The number of hydrogen-bond donors (Lipinski definition) is 1. The summed E-state index contributed by atoms with van der Waals surface area (Å²) in [5.74, 6) is 0.775. The van der Waals surface area contributed by atoms with E-state index in [-0.39, 0.29) is 0 Å². The predicted molar refractivity (Wildman–Crippen MR) is 74.3 cm³/mol. The maximum atomic E-state index is 9.95. The molecule has 1 unspecified atom stereocenters. The van der Waals surface area contributed by atoms with E-state index in [1.165, 1.54) is 11.1 Å². The molecule has 1 N–H and O–H groups in total. The standard InChI is InChI=1S/C16H15ClO/c17-15-6-3-4-11-8-9-12(10-14(11)15)13-5-1-2-7-16(13)18/h1-7,12,18H,8-10H2. The Labute approximate surface area is 112 Å². The second kappa shape index (κ2) is 4.66. The quantitative estimate of drug-likeness (QED) is 0.808. The summed E-state index contributed by atoms with van der Waals surface area (Å²) in [5.41, 5.74) is 3.65. The van der Waals surface area contributed by atoms with E-state index in [1.807, 2.05) is 30.3 Å². The van der Waals surface area contributed by atoms with E-state index in [0.717, 1.165) is 29.8 Å². The maximum absolute atomic E-state index is 9.95. The third-order valence-corrected chi connectivity index (χ3v) is 4.16. The summed E-state index contributed by atoms with van der Waals surface area (Å²) in [7, 11) is 0. The average Bonchev–Trinajstić information content (AvgIpc) is 2.40. The number of phenolic OH excluding ortho intramolecular Hbond substituents is 1. The second-order valence-electron chi connectivity index (χ2n) is 4.88. The Kier molecular flexibility index (Phi) is 3.00. The van der Waals surface area contributed by atoms with Gasteiger partial charge in [0.25, 0.3) is 0 Å². The fourth-order valence-corrected chi connectivity index (χ4v) is 3.11. The molecule has 3 rings (SSSR count). The van der Waals surface area contributed by atoms with Gasteiger partial charge in [0.1, 0.15) is 5.75 Å². The van der Waals surface area contributed by atoms with Gasteiger partial charge in [-0.15, -0.1) is 0 Å². The molecule has 1 nitrogen and oxygen atoms in total. The lowest BCUT2D eigenvalue weighted by atomic mass is 9.80. The third kappa shape index (κ3) is 1.99. The molecule has 2 aromatic rings. The van der Waals surface area contributed by atoms with Crippen LogP contribution in [0, 0.1) is 0 Å². The van der Waals surface area contributed by atoms with Gasteiger partial charge in [-0.3, -0.25) is 0 Å². The zero-order valence-electron chi connectivity index (χ0n) is 10.1. The number of halogens is 1. The number of aromatic hydroxyl groups is 1. The molecule has 0 aliphatic heterocycles. The summed E-state index contributed by atoms with van der Waals surface area (Å²) in [6.07, 6.45) is 3.03. The van der Waals surface area contributed by atoms with E-state index in [9.17, 15) is 5.11 Å². The lowest BCUT2D eigenvalue weighted by Crippen LogP contribution is -2.13. The maximum Gasteiger partial charge on any atom is 0.119 e. The van der Waals surface area contributed by atoms with Gasteiger partial charge in [0.15, 0.2) is 0 Å². The first-order chi connectivity index (χ1) is 8.75. The summed E-state index contributed by atoms with van der Waals surface area (Å²) in [5, 5.41) is 10.8. The molecule has 0 aromatic heterocycles. The summed E-state index contributed by atoms with van der Waals surface area (Å²) in [6.45, 7) is 0. The molecule has 2 heteroatoms. The van der Waals surface area contributed by atoms with Crippen molar-refractivity contribution < 1.29 is 5.11 Å². The number of benzene rings is 2. The van der Waals surface area contributed by atoms with Crippen molar-refractivity contribution in [1.82, 2.24) is 0 Å². The summed E-state index contributed by atoms with van der Waals surface area (Å²) in [6, 6.07) is 13.7. The van der Waals surface area contributed by atoms with Crippen molar-refractivity contribution >= 4 is 11.6 Å². The predicted octanol–water partition coefficient (Wildman–Crippen LogP) is 4.32. The molecule has 0 saturated carbocycles. The highest BCUT2D eigenvalue weighted by molar-refractivity contribution is 6.31. The van der Waals surface area contributed by atoms with Crippen molar-refractivity contribution in [3.8, 4) is 5.75 Å². The minimum Gasteiger partial charge on any atom is -0.508 e. The first-order valence-corrected chi connectivity index (χ1v) is 6.67. The highest BCUT2D eigenvalue weighted by atomic mass is 35.5. The van der Waals surface area contributed by atoms with Crippen molar-refractivity contribution in [2.24, 2.45) is 0 Å². The summed E-state index contributed by atoms with van der Waals surface area (Å²) >= 11 is 6.27. The topological polar surface area (TPSA) is 20.2 Å². The van der Waals surface area contributed by atoms with Crippen LogP contribution in [0.3, 0.4) is 0 Å². The molecule has 1 aliphatic rings. The van der Waals surface area contributed by atoms with Crippen molar-refractivity contribution in [2.45, 2.75) is 25.2 Å². The fraction of sp³-hybridized carbons (Fsp3) is 0.250. The first-order valence-electron chi connectivity index (χ1n) is 6.30. The molecule has 1 aliphatic carbocycles. The van der Waals surface area contributed by atoms with Crippen LogP contribution in [0.5, 0.6) is 5.75 Å². The molecule has 0 bridgehead atoms. The van der Waals surface area contributed by atoms with Gasteiger partial charge >= 0.3 is 0 Å². The molecule has 92 valence electrons. The van der Waals surface area contributed by atoms with Crippen molar-refractivity contribution in [3.63, 3.8) is 0 Å². The van der Waals surface area contributed by atoms with Crippen molar-refractivity contribution in [1.29, 1.82) is 0 Å². The SMILES string of the molecule is Oc1ccccc1C1CCc2cccc(Cl)c2C1. The zero-order valence-corrected chi connectivity index (χ0v) is 10.8. The lowest BCUT2D eigenvalue weighted by molar-refractivity contribution is 0.453. The van der Waals surface area contributed by atoms with Gasteiger partial charge in [-0.25, -0.2) is 0 Å². The van der Waals surface area contributed by atoms with Crippen LogP contribution in [-0.4, -0.2) is 5.11 Å². The van der Waals surface area contributed by atoms with Crippen LogP contribution in [0.1, 0.15) is 29.0 Å². The van der Waals surface area contributed by atoms with Crippen molar-refractivity contribution in [2.75, 3.05) is 0 Å². The van der Waals surface area contributed by atoms with Gasteiger partial charge < -0.3 is 5.11 Å². The Morgan fingerprint density at radius 3 is 2.72 bits per heavy atom. The van der Waals surface area contributed by atoms with Gasteiger partial charge in [-0.05, 0) is 54.0 Å². The highest BCUT2D eigenvalue weighted by Gasteiger charge is 2.23. The molecular formula is C16H15ClO. The molecule has 0 amide bonds. The highest BCUT2D eigenvalue weighted by Crippen LogP contribution is 2.38. The lowest BCUT2D eigenvalue weighted by Gasteiger charge is -2.26. The monoisotopic (exact) mass is 258 g/mol. The molecule has 0 fully saturated rings. The first kappa shape index (κ1) is 11.6. The molecule has 0 radical (unpaired) electrons. The molecular weight excluding hydrogens is 244 g/mol. The average molecular weight is 259 g/mol. The number of aryl methyl sites for hydroxylation is 1. The van der Waals surface area contributed by atoms with Crippen LogP contribution in [0.2, 0.25) is 5.02 Å². The largest absolute Gasteiger partial charge is 0.508 e. The molecule has 18 heavy (non-hydrogen) atoms. The van der Waals surface area contributed by atoms with Crippen LogP contribution in [0.4, 0.5) is 0 Å². The molecule has 1 atom stereocenters. The third-order valence-electron chi connectivity index (χ3n) is 3.81. The van der Waals surface area contributed by atoms with Gasteiger partial charge in [0, 0.05) is 5.02 Å². The Bertz CT molecular complexity index is 577. The number of fused-ring (bicyclic) bond motifs is 1. The fourth-order valence-electron chi connectivity index (χ4n) is 2.84. The van der Waals surface area contributed by atoms with E-state index in [2.05, 4.69) is 6.07 Å². The van der Waals surface area contributed by atoms with E-state index < -0.39 is 0 Å². The summed E-state index contributed by atoms with van der Waals surface area (Å²) in [4.78, 5) is 0. The summed E-state index contributed by atoms with van der Waals surface area (Å²) < 4.78 is 0. The smallest absolute Gasteiger partial charge is 0.119 e. The molecule has 2 aromatic carbocycles. The van der Waals surface area contributed by atoms with Gasteiger partial charge in [0.05, 0.1) is 0 Å². The Balaban J connectivity index is 1.96. The number of rotatable bonds is 1. The number of phenols is 1. The Morgan fingerprint density at radius 2 is 1.89 bits per heavy atom.